The zero-order valence-electron chi connectivity index (χ0n) is 9.47. The van der Waals surface area contributed by atoms with Crippen LogP contribution < -0.4 is 5.73 Å². The smallest absolute Gasteiger partial charge is 0.398 e. The fourth-order valence-electron chi connectivity index (χ4n) is 1.16. The average molecular weight is 300 g/mol. The monoisotopic (exact) mass is 299 g/mol. The molecule has 0 radical (unpaired) electrons. The van der Waals surface area contributed by atoms with Crippen LogP contribution in [0.1, 0.15) is 6.42 Å². The van der Waals surface area contributed by atoms with Gasteiger partial charge in [-0.3, -0.25) is 0 Å². The van der Waals surface area contributed by atoms with Gasteiger partial charge in [0, 0.05) is 28.0 Å². The normalized spacial score (nSPS) is 11.8. The van der Waals surface area contributed by atoms with Crippen LogP contribution in [0.4, 0.5) is 18.9 Å². The Labute approximate surface area is 113 Å². The van der Waals surface area contributed by atoms with Crippen LogP contribution in [0.15, 0.2) is 23.1 Å². The van der Waals surface area contributed by atoms with Gasteiger partial charge in [-0.15, -0.1) is 11.8 Å². The standard InChI is InChI=1S/C11H13ClF3NOS/c12-8-2-3-9(16)10(6-8)18-5-1-4-17-7-11(13,14)15/h2-3,6H,1,4-5,7,16H2. The molecule has 1 aromatic rings. The van der Waals surface area contributed by atoms with Crippen molar-refractivity contribution in [1.82, 2.24) is 0 Å². The molecule has 0 heterocycles. The van der Waals surface area contributed by atoms with E-state index in [1.807, 2.05) is 0 Å². The Kier molecular flexibility index (Phi) is 6.11. The van der Waals surface area contributed by atoms with Gasteiger partial charge in [-0.05, 0) is 24.6 Å². The van der Waals surface area contributed by atoms with Crippen LogP contribution in [0, 0.1) is 0 Å². The van der Waals surface area contributed by atoms with Gasteiger partial charge in [0.05, 0.1) is 0 Å². The third-order valence-electron chi connectivity index (χ3n) is 1.93. The molecule has 2 N–H and O–H groups in total. The molecule has 0 aliphatic carbocycles. The van der Waals surface area contributed by atoms with E-state index in [-0.39, 0.29) is 6.61 Å². The van der Waals surface area contributed by atoms with E-state index in [4.69, 9.17) is 17.3 Å². The van der Waals surface area contributed by atoms with E-state index in [1.54, 1.807) is 18.2 Å². The van der Waals surface area contributed by atoms with E-state index in [2.05, 4.69) is 4.74 Å². The molecule has 0 unspecified atom stereocenters. The summed E-state index contributed by atoms with van der Waals surface area (Å²) in [7, 11) is 0. The van der Waals surface area contributed by atoms with Crippen molar-refractivity contribution in [3.63, 3.8) is 0 Å². The van der Waals surface area contributed by atoms with E-state index >= 15 is 0 Å². The predicted octanol–water partition coefficient (Wildman–Crippen LogP) is 3.98. The van der Waals surface area contributed by atoms with E-state index in [9.17, 15) is 13.2 Å². The first-order valence-corrected chi connectivity index (χ1v) is 6.57. The maximum absolute atomic E-state index is 11.8. The Balaban J connectivity index is 2.20. The van der Waals surface area contributed by atoms with Gasteiger partial charge in [0.25, 0.3) is 0 Å². The number of thioether (sulfide) groups is 1. The Morgan fingerprint density at radius 3 is 2.72 bits per heavy atom. The topological polar surface area (TPSA) is 35.2 Å². The van der Waals surface area contributed by atoms with Gasteiger partial charge >= 0.3 is 6.18 Å². The second-order valence-electron chi connectivity index (χ2n) is 3.55. The average Bonchev–Trinajstić information content (AvgIpc) is 2.26. The largest absolute Gasteiger partial charge is 0.411 e. The number of hydrogen-bond donors (Lipinski definition) is 1. The first-order valence-electron chi connectivity index (χ1n) is 5.21. The summed E-state index contributed by atoms with van der Waals surface area (Å²) in [6.07, 6.45) is -3.74. The number of nitrogen functional groups attached to an aromatic ring is 1. The van der Waals surface area contributed by atoms with Crippen molar-refractivity contribution in [2.75, 3.05) is 24.7 Å². The number of rotatable bonds is 6. The summed E-state index contributed by atoms with van der Waals surface area (Å²) >= 11 is 7.26. The summed E-state index contributed by atoms with van der Waals surface area (Å²) < 4.78 is 39.8. The van der Waals surface area contributed by atoms with Crippen molar-refractivity contribution >= 4 is 29.1 Å². The molecular weight excluding hydrogens is 287 g/mol. The molecule has 0 saturated carbocycles. The molecule has 2 nitrogen and oxygen atoms in total. The van der Waals surface area contributed by atoms with Crippen molar-refractivity contribution < 1.29 is 17.9 Å². The number of benzene rings is 1. The molecule has 0 saturated heterocycles. The lowest BCUT2D eigenvalue weighted by Crippen LogP contribution is -2.17. The lowest BCUT2D eigenvalue weighted by molar-refractivity contribution is -0.173. The van der Waals surface area contributed by atoms with Crippen LogP contribution >= 0.6 is 23.4 Å². The Bertz CT molecular complexity index is 387. The number of anilines is 1. The lowest BCUT2D eigenvalue weighted by atomic mass is 10.3. The van der Waals surface area contributed by atoms with E-state index in [0.29, 0.717) is 22.9 Å². The highest BCUT2D eigenvalue weighted by molar-refractivity contribution is 7.99. The van der Waals surface area contributed by atoms with E-state index < -0.39 is 12.8 Å². The molecule has 0 spiro atoms. The number of alkyl halides is 3. The minimum Gasteiger partial charge on any atom is -0.398 e. The second kappa shape index (κ2) is 7.11. The van der Waals surface area contributed by atoms with Gasteiger partial charge in [-0.25, -0.2) is 0 Å². The van der Waals surface area contributed by atoms with Crippen LogP contribution in [0.25, 0.3) is 0 Å². The highest BCUT2D eigenvalue weighted by atomic mass is 35.5. The molecule has 0 aromatic heterocycles. The van der Waals surface area contributed by atoms with Crippen molar-refractivity contribution in [3.8, 4) is 0 Å². The maximum atomic E-state index is 11.8. The third kappa shape index (κ3) is 6.37. The van der Waals surface area contributed by atoms with Gasteiger partial charge < -0.3 is 10.5 Å². The molecule has 102 valence electrons. The molecular formula is C11H13ClF3NOS. The number of hydrogen-bond acceptors (Lipinski definition) is 3. The van der Waals surface area contributed by atoms with Crippen LogP contribution in [-0.4, -0.2) is 25.1 Å². The van der Waals surface area contributed by atoms with Gasteiger partial charge in [0.15, 0.2) is 0 Å². The fraction of sp³-hybridized carbons (Fsp3) is 0.455. The number of nitrogens with two attached hydrogens (primary N) is 1. The molecule has 0 bridgehead atoms. The second-order valence-corrected chi connectivity index (χ2v) is 5.13. The predicted molar refractivity (Wildman–Crippen MR) is 68.1 cm³/mol. The zero-order valence-corrected chi connectivity index (χ0v) is 11.0. The molecule has 0 fully saturated rings. The highest BCUT2D eigenvalue weighted by Gasteiger charge is 2.27. The Morgan fingerprint density at radius 1 is 1.33 bits per heavy atom. The van der Waals surface area contributed by atoms with Crippen molar-refractivity contribution in [2.24, 2.45) is 0 Å². The van der Waals surface area contributed by atoms with E-state index in [0.717, 1.165) is 4.90 Å². The fourth-order valence-corrected chi connectivity index (χ4v) is 2.33. The number of halogens is 4. The van der Waals surface area contributed by atoms with Crippen molar-refractivity contribution in [2.45, 2.75) is 17.5 Å². The van der Waals surface area contributed by atoms with Crippen LogP contribution in [0.5, 0.6) is 0 Å². The maximum Gasteiger partial charge on any atom is 0.411 e. The SMILES string of the molecule is Nc1ccc(Cl)cc1SCCCOCC(F)(F)F. The van der Waals surface area contributed by atoms with Crippen LogP contribution in [0.3, 0.4) is 0 Å². The summed E-state index contributed by atoms with van der Waals surface area (Å²) in [6.45, 7) is -1.12. The third-order valence-corrected chi connectivity index (χ3v) is 3.32. The molecule has 18 heavy (non-hydrogen) atoms. The summed E-state index contributed by atoms with van der Waals surface area (Å²) in [6, 6.07) is 5.12. The number of ether oxygens (including phenoxy) is 1. The van der Waals surface area contributed by atoms with Crippen molar-refractivity contribution in [1.29, 1.82) is 0 Å². The molecule has 0 aliphatic heterocycles. The molecule has 0 amide bonds. The molecule has 0 aliphatic rings. The molecule has 0 atom stereocenters. The Morgan fingerprint density at radius 2 is 2.06 bits per heavy atom. The quantitative estimate of drug-likeness (QED) is 0.490. The minimum atomic E-state index is -4.26. The zero-order chi connectivity index (χ0) is 13.6. The lowest BCUT2D eigenvalue weighted by Gasteiger charge is -2.08. The summed E-state index contributed by atoms with van der Waals surface area (Å²) in [5.41, 5.74) is 6.34. The van der Waals surface area contributed by atoms with Crippen LogP contribution in [0.2, 0.25) is 5.02 Å². The highest BCUT2D eigenvalue weighted by Crippen LogP contribution is 2.28. The van der Waals surface area contributed by atoms with E-state index in [1.165, 1.54) is 11.8 Å². The van der Waals surface area contributed by atoms with Gasteiger partial charge in [0.1, 0.15) is 6.61 Å². The Hall–Kier alpha value is -0.590. The first kappa shape index (κ1) is 15.5. The summed E-state index contributed by atoms with van der Waals surface area (Å²) in [4.78, 5) is 0.832. The first-order chi connectivity index (χ1) is 8.38. The van der Waals surface area contributed by atoms with Gasteiger partial charge in [-0.1, -0.05) is 11.6 Å². The molecule has 1 rings (SSSR count). The van der Waals surface area contributed by atoms with Crippen molar-refractivity contribution in [3.05, 3.63) is 23.2 Å². The van der Waals surface area contributed by atoms with Crippen LogP contribution in [-0.2, 0) is 4.74 Å². The summed E-state index contributed by atoms with van der Waals surface area (Å²) in [5.74, 6) is 0.627. The molecule has 7 heteroatoms. The van der Waals surface area contributed by atoms with Gasteiger partial charge in [-0.2, -0.15) is 13.2 Å². The van der Waals surface area contributed by atoms with Gasteiger partial charge in [0.2, 0.25) is 0 Å². The summed E-state index contributed by atoms with van der Waals surface area (Å²) in [5, 5.41) is 0.583. The molecule has 1 aromatic carbocycles. The minimum absolute atomic E-state index is 0.0764.